The van der Waals surface area contributed by atoms with Crippen LogP contribution in [0.5, 0.6) is 0 Å². The summed E-state index contributed by atoms with van der Waals surface area (Å²) in [5, 5.41) is 7.38. The molecule has 2 aromatic rings. The van der Waals surface area contributed by atoms with Crippen LogP contribution in [0.1, 0.15) is 81.5 Å². The molecule has 3 rings (SSSR count). The smallest absolute Gasteiger partial charge is 0.325 e. The Morgan fingerprint density at radius 3 is 2.42 bits per heavy atom. The summed E-state index contributed by atoms with van der Waals surface area (Å²) in [7, 11) is 2.85. The van der Waals surface area contributed by atoms with Gasteiger partial charge in [-0.3, -0.25) is 24.0 Å². The van der Waals surface area contributed by atoms with E-state index in [-0.39, 0.29) is 36.4 Å². The number of isocyanates is 1. The van der Waals surface area contributed by atoms with Crippen LogP contribution in [-0.2, 0) is 44.6 Å². The van der Waals surface area contributed by atoms with Crippen molar-refractivity contribution in [2.75, 3.05) is 20.7 Å². The number of methoxy groups -OCH3 is 1. The maximum absolute atomic E-state index is 13.6. The van der Waals surface area contributed by atoms with E-state index in [1.807, 2.05) is 58.0 Å². The number of rotatable bonds is 18. The third kappa shape index (κ3) is 10.3. The number of hydrogen-bond acceptors (Lipinski definition) is 12. The number of hydrogen-bond donors (Lipinski definition) is 2. The molecule has 14 nitrogen and oxygen atoms in total. The highest BCUT2D eigenvalue weighted by atomic mass is 32.1. The number of thiazole rings is 1. The van der Waals surface area contributed by atoms with Gasteiger partial charge in [-0.15, -0.1) is 11.3 Å². The van der Waals surface area contributed by atoms with Crippen molar-refractivity contribution in [3.05, 3.63) is 52.0 Å². The maximum Gasteiger partial charge on any atom is 0.325 e. The molecule has 15 heteroatoms. The highest BCUT2D eigenvalue weighted by Crippen LogP contribution is 2.40. The second-order valence-corrected chi connectivity index (χ2v) is 13.8. The van der Waals surface area contributed by atoms with E-state index in [0.717, 1.165) is 16.9 Å². The summed E-state index contributed by atoms with van der Waals surface area (Å²) in [6, 6.07) is 7.40. The molecule has 1 aliphatic heterocycles. The molecule has 0 radical (unpaired) electrons. The van der Waals surface area contributed by atoms with E-state index in [4.69, 9.17) is 9.47 Å². The molecule has 3 amide bonds. The Labute approximate surface area is 296 Å². The topological polar surface area (TPSA) is 186 Å². The van der Waals surface area contributed by atoms with Crippen molar-refractivity contribution in [3.8, 4) is 0 Å². The summed E-state index contributed by atoms with van der Waals surface area (Å²) in [5.74, 6) is -2.84. The van der Waals surface area contributed by atoms with Crippen LogP contribution in [0.25, 0.3) is 0 Å². The Kier molecular flexibility index (Phi) is 14.4. The molecule has 7 atom stereocenters. The second-order valence-electron chi connectivity index (χ2n) is 12.9. The molecule has 0 spiro atoms. The summed E-state index contributed by atoms with van der Waals surface area (Å²) in [4.78, 5) is 84.8. The first kappa shape index (κ1) is 40.0. The van der Waals surface area contributed by atoms with Gasteiger partial charge in [-0.05, 0) is 30.7 Å². The molecule has 50 heavy (non-hydrogen) atoms. The number of nitrogens with zero attached hydrogens (tertiary/aromatic N) is 3. The molecule has 1 aromatic heterocycles. The lowest BCUT2D eigenvalue weighted by Gasteiger charge is -2.35. The minimum absolute atomic E-state index is 0.0698. The zero-order valence-corrected chi connectivity index (χ0v) is 30.6. The monoisotopic (exact) mass is 713 g/mol. The molecule has 2 unspecified atom stereocenters. The fraction of sp³-hybridized carbons (Fsp3) is 0.571. The van der Waals surface area contributed by atoms with Gasteiger partial charge < -0.3 is 29.7 Å². The minimum Gasteiger partial charge on any atom is -0.468 e. The Morgan fingerprint density at radius 1 is 1.16 bits per heavy atom. The lowest BCUT2D eigenvalue weighted by atomic mass is 9.93. The Bertz CT molecular complexity index is 1560. The molecule has 1 saturated heterocycles. The van der Waals surface area contributed by atoms with Crippen LogP contribution in [0.4, 0.5) is 0 Å². The van der Waals surface area contributed by atoms with Crippen molar-refractivity contribution in [2.24, 2.45) is 16.8 Å². The van der Waals surface area contributed by atoms with Crippen LogP contribution in [0.15, 0.2) is 40.7 Å². The van der Waals surface area contributed by atoms with Crippen molar-refractivity contribution in [3.63, 3.8) is 0 Å². The summed E-state index contributed by atoms with van der Waals surface area (Å²) >= 11 is 1.13. The molecule has 1 aliphatic rings. The number of benzene rings is 1. The van der Waals surface area contributed by atoms with Crippen molar-refractivity contribution >= 4 is 47.1 Å². The van der Waals surface area contributed by atoms with E-state index >= 15 is 0 Å². The van der Waals surface area contributed by atoms with Gasteiger partial charge in [0, 0.05) is 31.8 Å². The van der Waals surface area contributed by atoms with Gasteiger partial charge in [-0.2, -0.15) is 4.99 Å². The lowest BCUT2D eigenvalue weighted by molar-refractivity contribution is -0.148. The Morgan fingerprint density at radius 2 is 1.84 bits per heavy atom. The number of aromatic nitrogens is 1. The minimum atomic E-state index is -1.30. The average Bonchev–Trinajstić information content (AvgIpc) is 3.54. The Balaban J connectivity index is 1.83. The number of nitrogens with one attached hydrogen (secondary N) is 2. The fourth-order valence-corrected chi connectivity index (χ4v) is 6.58. The molecule has 2 N–H and O–H groups in total. The van der Waals surface area contributed by atoms with Gasteiger partial charge >= 0.3 is 11.9 Å². The number of carbonyl (C=O) groups excluding carboxylic acids is 6. The van der Waals surface area contributed by atoms with E-state index in [0.29, 0.717) is 17.8 Å². The van der Waals surface area contributed by atoms with Crippen molar-refractivity contribution in [1.82, 2.24) is 20.5 Å². The van der Waals surface area contributed by atoms with E-state index < -0.39 is 59.7 Å². The van der Waals surface area contributed by atoms with Crippen LogP contribution in [0.2, 0.25) is 0 Å². The zero-order chi connectivity index (χ0) is 37.2. The van der Waals surface area contributed by atoms with E-state index in [2.05, 4.69) is 25.3 Å². The molecular formula is C35H47N5O9S. The number of ether oxygens (including phenoxy) is 3. The SMILES string of the molecule is CC[C@H](C)[C@H](N=C=O)C(=O)N(C)[C@H](C[C@@H](OC(C)=O)c1nc(C(=O)N[C@@H](Cc2ccccc2)C2OC2(C)C(=O)NCC(=O)OC)cs1)C(C)C. The van der Waals surface area contributed by atoms with Crippen molar-refractivity contribution < 1.29 is 43.0 Å². The fourth-order valence-electron chi connectivity index (χ4n) is 5.74. The number of carbonyl (C=O) groups is 5. The lowest BCUT2D eigenvalue weighted by Crippen LogP contribution is -2.47. The maximum atomic E-state index is 13.6. The Hall–Kier alpha value is -4.46. The highest BCUT2D eigenvalue weighted by molar-refractivity contribution is 7.09. The third-order valence-electron chi connectivity index (χ3n) is 8.95. The molecule has 0 saturated carbocycles. The van der Waals surface area contributed by atoms with Crippen LogP contribution < -0.4 is 10.6 Å². The first-order chi connectivity index (χ1) is 23.7. The van der Waals surface area contributed by atoms with E-state index in [1.54, 1.807) is 19.4 Å². The third-order valence-corrected chi connectivity index (χ3v) is 9.88. The van der Waals surface area contributed by atoms with Crippen LogP contribution in [0, 0.1) is 11.8 Å². The van der Waals surface area contributed by atoms with Gasteiger partial charge in [0.1, 0.15) is 29.4 Å². The molecule has 2 heterocycles. The van der Waals surface area contributed by atoms with Crippen molar-refractivity contribution in [1.29, 1.82) is 0 Å². The van der Waals surface area contributed by atoms with E-state index in [9.17, 15) is 28.8 Å². The predicted molar refractivity (Wildman–Crippen MR) is 184 cm³/mol. The average molecular weight is 714 g/mol. The van der Waals surface area contributed by atoms with Gasteiger partial charge in [0.25, 0.3) is 11.8 Å². The number of esters is 2. The molecule has 0 bridgehead atoms. The van der Waals surface area contributed by atoms with E-state index in [1.165, 1.54) is 25.0 Å². The van der Waals surface area contributed by atoms with Crippen LogP contribution >= 0.6 is 11.3 Å². The number of likely N-dealkylation sites (N-methyl/N-ethyl adjacent to an activating group) is 1. The van der Waals surface area contributed by atoms with Crippen LogP contribution in [0.3, 0.4) is 0 Å². The normalized spacial score (nSPS) is 19.5. The van der Waals surface area contributed by atoms with Gasteiger partial charge in [-0.1, -0.05) is 64.4 Å². The van der Waals surface area contributed by atoms with Crippen LogP contribution in [-0.4, -0.2) is 96.2 Å². The number of aliphatic imine (C=N–C) groups is 1. The highest BCUT2D eigenvalue weighted by Gasteiger charge is 2.62. The molecule has 272 valence electrons. The standard InChI is InChI=1S/C35H47N5O9S/c1-9-21(4)29(37-19-41)33(45)40(7)26(20(2)3)16-27(48-22(5)42)32-39-25(18-50-32)31(44)38-24(15-23-13-11-10-12-14-23)30-35(6,49-30)34(46)36-17-28(43)47-8/h10-14,18,20-21,24,26-27,29-30H,9,15-17H2,1-8H3,(H,36,46)(H,38,44)/t21-,24-,26+,27+,29-,30?,35?/m0/s1. The summed E-state index contributed by atoms with van der Waals surface area (Å²) in [6.07, 6.45) is 1.07. The van der Waals surface area contributed by atoms with Crippen molar-refractivity contribution in [2.45, 2.75) is 96.7 Å². The quantitative estimate of drug-likeness (QED) is 0.101. The largest absolute Gasteiger partial charge is 0.468 e. The summed E-state index contributed by atoms with van der Waals surface area (Å²) < 4.78 is 16.1. The first-order valence-electron chi connectivity index (χ1n) is 16.5. The number of amides is 3. The van der Waals surface area contributed by atoms with Gasteiger partial charge in [0.2, 0.25) is 12.0 Å². The summed E-state index contributed by atoms with van der Waals surface area (Å²) in [6.45, 7) is 10.1. The molecule has 1 fully saturated rings. The van der Waals surface area contributed by atoms with Gasteiger partial charge in [0.15, 0.2) is 11.7 Å². The predicted octanol–water partition coefficient (Wildman–Crippen LogP) is 3.16. The van der Waals surface area contributed by atoms with Gasteiger partial charge in [-0.25, -0.2) is 9.78 Å². The molecule has 0 aliphatic carbocycles. The second kappa shape index (κ2) is 18.0. The first-order valence-corrected chi connectivity index (χ1v) is 17.4. The zero-order valence-electron chi connectivity index (χ0n) is 29.8. The summed E-state index contributed by atoms with van der Waals surface area (Å²) in [5.41, 5.74) is -0.331. The van der Waals surface area contributed by atoms with Gasteiger partial charge in [0.05, 0.1) is 13.2 Å². The molecule has 1 aromatic carbocycles. The number of epoxide rings is 1. The molecular weight excluding hydrogens is 666 g/mol.